The van der Waals surface area contributed by atoms with Gasteiger partial charge in [-0.15, -0.1) is 0 Å². The summed E-state index contributed by atoms with van der Waals surface area (Å²) in [6.45, 7) is 5.17. The summed E-state index contributed by atoms with van der Waals surface area (Å²) in [5.74, 6) is 2.05. The van der Waals surface area contributed by atoms with Crippen molar-refractivity contribution >= 4 is 28.6 Å². The molecule has 46 heavy (non-hydrogen) atoms. The van der Waals surface area contributed by atoms with E-state index in [4.69, 9.17) is 4.74 Å². The number of Topliss-reactive ketones (excluding diaryl/α,β-unsaturated/α-hetero) is 1. The molecular formula is C38H44N4O4. The topological polar surface area (TPSA) is 85.9 Å². The van der Waals surface area contributed by atoms with Crippen LogP contribution in [0.1, 0.15) is 89.1 Å². The van der Waals surface area contributed by atoms with Crippen LogP contribution < -0.4 is 0 Å². The lowest BCUT2D eigenvalue weighted by atomic mass is 9.72. The van der Waals surface area contributed by atoms with Gasteiger partial charge in [-0.1, -0.05) is 30.3 Å². The number of ether oxygens (including phenoxy) is 1. The van der Waals surface area contributed by atoms with E-state index in [1.54, 1.807) is 6.20 Å². The van der Waals surface area contributed by atoms with Crippen LogP contribution in [0.3, 0.4) is 0 Å². The molecule has 6 bridgehead atoms. The number of hydrogen-bond acceptors (Lipinski definition) is 6. The van der Waals surface area contributed by atoms with Crippen molar-refractivity contribution in [3.63, 3.8) is 0 Å². The number of benzene rings is 2. The van der Waals surface area contributed by atoms with Crippen LogP contribution in [-0.2, 0) is 16.0 Å². The van der Waals surface area contributed by atoms with E-state index < -0.39 is 0 Å². The Morgan fingerprint density at radius 1 is 0.870 bits per heavy atom. The number of esters is 1. The zero-order chi connectivity index (χ0) is 30.9. The molecule has 0 spiro atoms. The predicted octanol–water partition coefficient (Wildman–Crippen LogP) is 5.18. The van der Waals surface area contributed by atoms with E-state index in [1.807, 2.05) is 24.3 Å². The minimum atomic E-state index is -0.242. The molecule has 8 aliphatic heterocycles. The fourth-order valence-electron chi connectivity index (χ4n) is 10.3. The third-order valence-electron chi connectivity index (χ3n) is 12.5. The monoisotopic (exact) mass is 620 g/mol. The van der Waals surface area contributed by atoms with Gasteiger partial charge >= 0.3 is 5.97 Å². The zero-order valence-corrected chi connectivity index (χ0v) is 26.5. The van der Waals surface area contributed by atoms with Gasteiger partial charge in [0.1, 0.15) is 11.9 Å². The molecule has 1 aliphatic carbocycles. The van der Waals surface area contributed by atoms with Crippen LogP contribution in [0.15, 0.2) is 48.7 Å². The number of nitrogens with one attached hydrogen (secondary N) is 1. The first-order valence-corrected chi connectivity index (χ1v) is 17.7. The third kappa shape index (κ3) is 4.82. The Morgan fingerprint density at radius 2 is 1.67 bits per heavy atom. The van der Waals surface area contributed by atoms with Gasteiger partial charge in [-0.25, -0.2) is 4.79 Å². The maximum absolute atomic E-state index is 13.1. The minimum Gasteiger partial charge on any atom is -0.459 e. The first-order chi connectivity index (χ1) is 22.5. The van der Waals surface area contributed by atoms with Crippen molar-refractivity contribution in [2.45, 2.75) is 87.9 Å². The molecule has 7 saturated heterocycles. The Balaban J connectivity index is 0.000000127. The number of ketones is 1. The molecule has 1 N–H and O–H groups in total. The second kappa shape index (κ2) is 11.3. The summed E-state index contributed by atoms with van der Waals surface area (Å²) in [6.07, 6.45) is 11.6. The molecule has 0 saturated carbocycles. The van der Waals surface area contributed by atoms with Crippen LogP contribution in [0, 0.1) is 11.8 Å². The van der Waals surface area contributed by atoms with Crippen LogP contribution >= 0.6 is 0 Å². The molecule has 9 aliphatic rings. The average molecular weight is 621 g/mol. The fourth-order valence-corrected chi connectivity index (χ4v) is 10.3. The summed E-state index contributed by atoms with van der Waals surface area (Å²) < 4.78 is 5.84. The summed E-state index contributed by atoms with van der Waals surface area (Å²) in [4.78, 5) is 47.9. The number of nitrogens with zero attached hydrogens (tertiary/aromatic N) is 3. The number of fused-ring (bicyclic) bond motifs is 5. The molecule has 2 aromatic carbocycles. The van der Waals surface area contributed by atoms with E-state index in [0.29, 0.717) is 47.8 Å². The molecule has 12 rings (SSSR count). The lowest BCUT2D eigenvalue weighted by Gasteiger charge is -2.54. The standard InChI is InChI=1S/C19H20N2O3.C19H24N2O/c22-18-10-21-12-5-11(18)6-13(21)8-14(7-12)24-19(23)16-9-20-17-4-2-1-3-15(16)17;22-19-16-6-2-4-14-3-1-5-15(18(14)16)11-21(19)17-12-20-9-7-13(17)8-10-20/h1-4,9,11-14,20H,5-8,10H2;2,4,6,13,15,17H,1,3,5,7-12H2/t11?,12-,13+,14?;15-,17-/m.1/s1. The highest BCUT2D eigenvalue weighted by Gasteiger charge is 2.49. The van der Waals surface area contributed by atoms with Crippen LogP contribution in [0.4, 0.5) is 0 Å². The van der Waals surface area contributed by atoms with Crippen LogP contribution in [0.5, 0.6) is 0 Å². The molecule has 240 valence electrons. The first kappa shape index (κ1) is 28.7. The number of hydrogen-bond donors (Lipinski definition) is 1. The number of aryl methyl sites for hydroxylation is 1. The van der Waals surface area contributed by atoms with Gasteiger partial charge in [-0.3, -0.25) is 14.5 Å². The second-order valence-electron chi connectivity index (χ2n) is 15.0. The number of piperidine rings is 7. The van der Waals surface area contributed by atoms with E-state index >= 15 is 0 Å². The molecule has 9 heterocycles. The second-order valence-corrected chi connectivity index (χ2v) is 15.0. The first-order valence-electron chi connectivity index (χ1n) is 17.7. The zero-order valence-electron chi connectivity index (χ0n) is 26.5. The van der Waals surface area contributed by atoms with E-state index in [-0.39, 0.29) is 18.0 Å². The van der Waals surface area contributed by atoms with E-state index in [9.17, 15) is 14.4 Å². The van der Waals surface area contributed by atoms with Crippen LogP contribution in [-0.4, -0.2) is 94.3 Å². The van der Waals surface area contributed by atoms with Crippen molar-refractivity contribution in [2.24, 2.45) is 11.8 Å². The predicted molar refractivity (Wildman–Crippen MR) is 175 cm³/mol. The molecule has 7 atom stereocenters. The number of carbonyl (C=O) groups is 3. The Labute approximate surface area is 270 Å². The highest BCUT2D eigenvalue weighted by Crippen LogP contribution is 2.43. The van der Waals surface area contributed by atoms with Crippen molar-refractivity contribution in [3.8, 4) is 0 Å². The fraction of sp³-hybridized carbons (Fsp3) is 0.553. The summed E-state index contributed by atoms with van der Waals surface area (Å²) in [6, 6.07) is 15.5. The van der Waals surface area contributed by atoms with Crippen LogP contribution in [0.2, 0.25) is 0 Å². The van der Waals surface area contributed by atoms with E-state index in [2.05, 4.69) is 37.9 Å². The lowest BCUT2D eigenvalue weighted by molar-refractivity contribution is -0.145. The summed E-state index contributed by atoms with van der Waals surface area (Å²) in [5.41, 5.74) is 5.42. The lowest BCUT2D eigenvalue weighted by Crippen LogP contribution is -2.63. The Kier molecular flexibility index (Phi) is 7.08. The van der Waals surface area contributed by atoms with Crippen molar-refractivity contribution < 1.29 is 19.1 Å². The number of para-hydroxylation sites is 1. The van der Waals surface area contributed by atoms with E-state index in [0.717, 1.165) is 67.6 Å². The average Bonchev–Trinajstić information content (AvgIpc) is 3.52. The van der Waals surface area contributed by atoms with Crippen molar-refractivity contribution in [3.05, 3.63) is 70.9 Å². The molecule has 8 nitrogen and oxygen atoms in total. The largest absolute Gasteiger partial charge is 0.459 e. The number of H-pyrrole nitrogens is 1. The highest BCUT2D eigenvalue weighted by atomic mass is 16.5. The SMILES string of the molecule is O=C(OC1C[C@@H]2CC3C[C@H](C1)N2CC3=O)c1c[nH]c2ccccc12.O=C1c2cccc3c2[C@H](CCC3)CN1[C@@H]1CN2CCC1CC2. The Morgan fingerprint density at radius 3 is 2.43 bits per heavy atom. The number of aromatic nitrogens is 1. The molecule has 8 heteroatoms. The van der Waals surface area contributed by atoms with Gasteiger partial charge in [-0.05, 0) is 87.2 Å². The Hall–Kier alpha value is -3.49. The molecule has 3 aromatic rings. The Bertz CT molecular complexity index is 1670. The van der Waals surface area contributed by atoms with Crippen molar-refractivity contribution in [1.82, 2.24) is 19.7 Å². The number of amides is 1. The van der Waals surface area contributed by atoms with Gasteiger partial charge in [-0.2, -0.15) is 0 Å². The smallest absolute Gasteiger partial charge is 0.340 e. The van der Waals surface area contributed by atoms with Gasteiger partial charge in [0.2, 0.25) is 0 Å². The van der Waals surface area contributed by atoms with Gasteiger partial charge in [0.15, 0.2) is 0 Å². The molecule has 7 fully saturated rings. The highest BCUT2D eigenvalue weighted by molar-refractivity contribution is 6.04. The maximum Gasteiger partial charge on any atom is 0.340 e. The van der Waals surface area contributed by atoms with Gasteiger partial charge in [0, 0.05) is 78.6 Å². The van der Waals surface area contributed by atoms with Crippen molar-refractivity contribution in [1.29, 1.82) is 0 Å². The molecular weight excluding hydrogens is 576 g/mol. The normalized spacial score (nSPS) is 35.4. The molecule has 3 unspecified atom stereocenters. The summed E-state index contributed by atoms with van der Waals surface area (Å²) in [5, 5.41) is 0.909. The third-order valence-corrected chi connectivity index (χ3v) is 12.5. The maximum atomic E-state index is 13.1. The molecule has 1 aromatic heterocycles. The van der Waals surface area contributed by atoms with Crippen molar-refractivity contribution in [2.75, 3.05) is 32.7 Å². The molecule has 0 radical (unpaired) electrons. The van der Waals surface area contributed by atoms with Gasteiger partial charge in [0.05, 0.1) is 12.1 Å². The minimum absolute atomic E-state index is 0.0356. The number of carbonyl (C=O) groups excluding carboxylic acids is 3. The summed E-state index contributed by atoms with van der Waals surface area (Å²) in [7, 11) is 0. The molecule has 1 amide bonds. The van der Waals surface area contributed by atoms with Crippen LogP contribution in [0.25, 0.3) is 10.9 Å². The number of aromatic amines is 1. The number of rotatable bonds is 3. The summed E-state index contributed by atoms with van der Waals surface area (Å²) >= 11 is 0. The van der Waals surface area contributed by atoms with Gasteiger partial charge in [0.25, 0.3) is 5.91 Å². The quantitative estimate of drug-likeness (QED) is 0.407. The van der Waals surface area contributed by atoms with E-state index in [1.165, 1.54) is 49.9 Å². The van der Waals surface area contributed by atoms with Gasteiger partial charge < -0.3 is 19.5 Å².